The molecule has 1 saturated heterocycles. The zero-order chi connectivity index (χ0) is 21.2. The van der Waals surface area contributed by atoms with Gasteiger partial charge in [0.2, 0.25) is 15.9 Å². The highest BCUT2D eigenvalue weighted by Crippen LogP contribution is 2.31. The van der Waals surface area contributed by atoms with Crippen LogP contribution < -0.4 is 5.32 Å². The molecule has 0 bridgehead atoms. The molecule has 3 rings (SSSR count). The molecule has 1 aliphatic rings. The molecule has 1 amide bonds. The molecule has 0 radical (unpaired) electrons. The maximum absolute atomic E-state index is 13.2. The minimum absolute atomic E-state index is 0.129. The first-order valence-corrected chi connectivity index (χ1v) is 11.4. The fraction of sp³-hybridized carbons (Fsp3) is 0.350. The van der Waals surface area contributed by atoms with E-state index in [1.807, 2.05) is 0 Å². The largest absolute Gasteiger partial charge is 0.371 e. The van der Waals surface area contributed by atoms with Crippen LogP contribution in [0, 0.1) is 6.92 Å². The third-order valence-corrected chi connectivity index (χ3v) is 7.15. The van der Waals surface area contributed by atoms with Crippen molar-refractivity contribution in [3.8, 4) is 0 Å². The minimum atomic E-state index is -3.73. The van der Waals surface area contributed by atoms with Crippen molar-refractivity contribution in [3.05, 3.63) is 57.6 Å². The van der Waals surface area contributed by atoms with E-state index in [1.54, 1.807) is 44.2 Å². The number of anilines is 1. The molecule has 29 heavy (non-hydrogen) atoms. The molecular weight excluding hydrogens is 435 g/mol. The highest BCUT2D eigenvalue weighted by Gasteiger charge is 2.32. The van der Waals surface area contributed by atoms with Crippen LogP contribution in [0.25, 0.3) is 0 Å². The third-order valence-electron chi connectivity index (χ3n) is 4.68. The average Bonchev–Trinajstić information content (AvgIpc) is 2.67. The predicted octanol–water partition coefficient (Wildman–Crippen LogP) is 4.41. The molecule has 1 unspecified atom stereocenters. The summed E-state index contributed by atoms with van der Waals surface area (Å²) in [5, 5.41) is 3.68. The Morgan fingerprint density at radius 1 is 1.21 bits per heavy atom. The molecule has 0 aromatic heterocycles. The van der Waals surface area contributed by atoms with E-state index < -0.39 is 16.1 Å². The normalized spacial score (nSPS) is 17.9. The first-order valence-electron chi connectivity index (χ1n) is 9.19. The molecule has 0 spiro atoms. The lowest BCUT2D eigenvalue weighted by atomic mass is 10.1. The van der Waals surface area contributed by atoms with Crippen molar-refractivity contribution in [3.63, 3.8) is 0 Å². The number of benzene rings is 2. The molecule has 1 aliphatic heterocycles. The Balaban J connectivity index is 1.84. The smallest absolute Gasteiger partial charge is 0.243 e. The molecule has 9 heteroatoms. The van der Waals surface area contributed by atoms with Gasteiger partial charge in [-0.1, -0.05) is 30.1 Å². The van der Waals surface area contributed by atoms with Crippen molar-refractivity contribution < 1.29 is 17.9 Å². The Morgan fingerprint density at radius 3 is 2.52 bits per heavy atom. The topological polar surface area (TPSA) is 75.7 Å². The van der Waals surface area contributed by atoms with Crippen molar-refractivity contribution in [1.82, 2.24) is 4.31 Å². The number of nitrogens with zero attached hydrogens (tertiary/aromatic N) is 1. The average molecular weight is 457 g/mol. The van der Waals surface area contributed by atoms with E-state index >= 15 is 0 Å². The zero-order valence-corrected chi connectivity index (χ0v) is 18.4. The van der Waals surface area contributed by atoms with Gasteiger partial charge in [-0.25, -0.2) is 8.42 Å². The molecule has 1 fully saturated rings. The molecule has 6 nitrogen and oxygen atoms in total. The van der Waals surface area contributed by atoms with Gasteiger partial charge in [0.1, 0.15) is 0 Å². The van der Waals surface area contributed by atoms with E-state index in [1.165, 1.54) is 10.4 Å². The van der Waals surface area contributed by atoms with Gasteiger partial charge in [-0.2, -0.15) is 4.31 Å². The lowest BCUT2D eigenvalue weighted by molar-refractivity contribution is -0.115. The second kappa shape index (κ2) is 9.02. The van der Waals surface area contributed by atoms with E-state index in [-0.39, 0.29) is 30.5 Å². The Kier molecular flexibility index (Phi) is 6.86. The molecule has 0 aliphatic carbocycles. The van der Waals surface area contributed by atoms with Crippen LogP contribution in [0.15, 0.2) is 41.3 Å². The Hall–Kier alpha value is -1.64. The summed E-state index contributed by atoms with van der Waals surface area (Å²) in [7, 11) is -3.73. The molecule has 1 atom stereocenters. The summed E-state index contributed by atoms with van der Waals surface area (Å²) in [6, 6.07) is 9.86. The zero-order valence-electron chi connectivity index (χ0n) is 16.1. The Morgan fingerprint density at radius 2 is 1.90 bits per heavy atom. The summed E-state index contributed by atoms with van der Waals surface area (Å²) in [4.78, 5) is 11.8. The van der Waals surface area contributed by atoms with Crippen molar-refractivity contribution in [2.45, 2.75) is 31.3 Å². The van der Waals surface area contributed by atoms with Crippen LogP contribution in [0.5, 0.6) is 0 Å². The van der Waals surface area contributed by atoms with Crippen LogP contribution >= 0.6 is 23.2 Å². The van der Waals surface area contributed by atoms with Gasteiger partial charge in [-0.15, -0.1) is 0 Å². The van der Waals surface area contributed by atoms with Gasteiger partial charge in [0, 0.05) is 35.2 Å². The highest BCUT2D eigenvalue weighted by molar-refractivity contribution is 7.89. The van der Waals surface area contributed by atoms with E-state index in [2.05, 4.69) is 5.32 Å². The number of carbonyl (C=O) groups is 1. The summed E-state index contributed by atoms with van der Waals surface area (Å²) in [5.74, 6) is -0.129. The summed E-state index contributed by atoms with van der Waals surface area (Å²) < 4.78 is 33.7. The quantitative estimate of drug-likeness (QED) is 0.722. The van der Waals surface area contributed by atoms with Crippen molar-refractivity contribution in [1.29, 1.82) is 0 Å². The number of morpholine rings is 1. The number of aryl methyl sites for hydroxylation is 1. The first-order chi connectivity index (χ1) is 13.7. The number of hydrogen-bond acceptors (Lipinski definition) is 4. The Bertz CT molecular complexity index is 1010. The molecule has 0 saturated carbocycles. The monoisotopic (exact) mass is 456 g/mol. The van der Waals surface area contributed by atoms with Gasteiger partial charge in [0.15, 0.2) is 0 Å². The molecule has 1 heterocycles. The number of nitrogens with one attached hydrogen (secondary N) is 1. The van der Waals surface area contributed by atoms with Crippen LogP contribution in [0.4, 0.5) is 5.69 Å². The molecular formula is C20H22Cl2N2O4S. The highest BCUT2D eigenvalue weighted by atomic mass is 35.5. The summed E-state index contributed by atoms with van der Waals surface area (Å²) in [6.45, 7) is 4.14. The van der Waals surface area contributed by atoms with Gasteiger partial charge in [-0.3, -0.25) is 4.79 Å². The van der Waals surface area contributed by atoms with E-state index in [0.29, 0.717) is 27.7 Å². The molecule has 2 aromatic carbocycles. The fourth-order valence-corrected chi connectivity index (χ4v) is 5.39. The van der Waals surface area contributed by atoms with Crippen LogP contribution in [-0.2, 0) is 19.6 Å². The number of ether oxygens (including phenoxy) is 1. The Labute approximate surface area is 180 Å². The van der Waals surface area contributed by atoms with Crippen molar-refractivity contribution in [2.24, 2.45) is 0 Å². The van der Waals surface area contributed by atoms with Crippen LogP contribution in [-0.4, -0.2) is 38.3 Å². The van der Waals surface area contributed by atoms with Crippen LogP contribution in [0.1, 0.15) is 30.6 Å². The predicted molar refractivity (Wildman–Crippen MR) is 114 cm³/mol. The second-order valence-electron chi connectivity index (χ2n) is 6.81. The standard InChI is InChI=1S/C20H22Cl2N2O4S/c1-3-20(25)23-17-4-5-19(13(2)8-17)29(26,27)24-6-7-28-18(12-24)14-9-15(21)11-16(22)10-14/h4-5,8-11,18H,3,6-7,12H2,1-2H3,(H,23,25). The minimum Gasteiger partial charge on any atom is -0.371 e. The first kappa shape index (κ1) is 22.1. The number of rotatable bonds is 5. The number of carbonyl (C=O) groups excluding carboxylic acids is 1. The summed E-state index contributed by atoms with van der Waals surface area (Å²) >= 11 is 12.1. The van der Waals surface area contributed by atoms with E-state index in [0.717, 1.165) is 5.56 Å². The van der Waals surface area contributed by atoms with Gasteiger partial charge in [-0.05, 0) is 54.4 Å². The van der Waals surface area contributed by atoms with Crippen molar-refractivity contribution >= 4 is 44.8 Å². The number of amides is 1. The van der Waals surface area contributed by atoms with E-state index in [9.17, 15) is 13.2 Å². The molecule has 1 N–H and O–H groups in total. The third kappa shape index (κ3) is 5.10. The lowest BCUT2D eigenvalue weighted by Gasteiger charge is -2.33. The maximum atomic E-state index is 13.2. The maximum Gasteiger partial charge on any atom is 0.243 e. The second-order valence-corrected chi connectivity index (χ2v) is 9.59. The lowest BCUT2D eigenvalue weighted by Crippen LogP contribution is -2.42. The van der Waals surface area contributed by atoms with Gasteiger partial charge in [0.05, 0.1) is 17.6 Å². The molecule has 2 aromatic rings. The number of halogens is 2. The number of hydrogen-bond donors (Lipinski definition) is 1. The van der Waals surface area contributed by atoms with Gasteiger partial charge >= 0.3 is 0 Å². The van der Waals surface area contributed by atoms with Crippen LogP contribution in [0.2, 0.25) is 10.0 Å². The van der Waals surface area contributed by atoms with Gasteiger partial charge < -0.3 is 10.1 Å². The SMILES string of the molecule is CCC(=O)Nc1ccc(S(=O)(=O)N2CCOC(c3cc(Cl)cc(Cl)c3)C2)c(C)c1. The van der Waals surface area contributed by atoms with Gasteiger partial charge in [0.25, 0.3) is 0 Å². The fourth-order valence-electron chi connectivity index (χ4n) is 3.21. The number of sulfonamides is 1. The summed E-state index contributed by atoms with van der Waals surface area (Å²) in [6.07, 6.45) is -0.111. The molecule has 156 valence electrons. The van der Waals surface area contributed by atoms with E-state index in [4.69, 9.17) is 27.9 Å². The van der Waals surface area contributed by atoms with Crippen molar-refractivity contribution in [2.75, 3.05) is 25.0 Å². The summed E-state index contributed by atoms with van der Waals surface area (Å²) in [5.41, 5.74) is 1.87. The van der Waals surface area contributed by atoms with Crippen LogP contribution in [0.3, 0.4) is 0 Å².